The highest BCUT2D eigenvalue weighted by molar-refractivity contribution is 6.31. The molecule has 0 aliphatic carbocycles. The van der Waals surface area contributed by atoms with Gasteiger partial charge in [0, 0.05) is 24.2 Å². The summed E-state index contributed by atoms with van der Waals surface area (Å²) in [6, 6.07) is 3.68. The Morgan fingerprint density at radius 2 is 2.28 bits per heavy atom. The Balaban J connectivity index is 2.95. The van der Waals surface area contributed by atoms with E-state index in [1.807, 2.05) is 0 Å². The zero-order valence-electron chi connectivity index (χ0n) is 9.97. The van der Waals surface area contributed by atoms with Crippen LogP contribution in [-0.4, -0.2) is 30.6 Å². The molecule has 0 fully saturated rings. The van der Waals surface area contributed by atoms with Crippen LogP contribution in [0.25, 0.3) is 0 Å². The van der Waals surface area contributed by atoms with Crippen LogP contribution in [0, 0.1) is 10.1 Å². The number of hydrogen-bond acceptors (Lipinski definition) is 4. The Kier molecular flexibility index (Phi) is 5.06. The first-order valence-electron chi connectivity index (χ1n) is 5.19. The van der Waals surface area contributed by atoms with Gasteiger partial charge in [-0.25, -0.2) is 0 Å². The topological polar surface area (TPSA) is 81.5 Å². The average Bonchev–Trinajstić information content (AvgIpc) is 2.28. The molecule has 0 heterocycles. The molecule has 1 amide bonds. The monoisotopic (exact) mass is 272 g/mol. The van der Waals surface area contributed by atoms with Gasteiger partial charge in [-0.15, -0.1) is 0 Å². The van der Waals surface area contributed by atoms with E-state index in [1.54, 1.807) is 6.92 Å². The number of carbonyl (C=O) groups excluding carboxylic acids is 1. The van der Waals surface area contributed by atoms with Gasteiger partial charge in [0.25, 0.3) is 11.6 Å². The van der Waals surface area contributed by atoms with Crippen molar-refractivity contribution >= 4 is 23.2 Å². The highest BCUT2D eigenvalue weighted by Gasteiger charge is 2.21. The maximum atomic E-state index is 11.9. The molecule has 1 aromatic carbocycles. The summed E-state index contributed by atoms with van der Waals surface area (Å²) in [6.07, 6.45) is 0. The molecule has 0 bridgehead atoms. The molecule has 0 saturated heterocycles. The predicted octanol–water partition coefficient (Wildman–Crippen LogP) is 2.01. The molecule has 0 aliphatic heterocycles. The van der Waals surface area contributed by atoms with Crippen LogP contribution in [0.4, 0.5) is 5.69 Å². The number of rotatable bonds is 5. The Morgan fingerprint density at radius 1 is 1.61 bits per heavy atom. The highest BCUT2D eigenvalue weighted by Crippen LogP contribution is 2.23. The second kappa shape index (κ2) is 6.32. The maximum absolute atomic E-state index is 11.9. The molecule has 0 spiro atoms. The lowest BCUT2D eigenvalue weighted by atomic mass is 10.1. The Bertz CT molecular complexity index is 464. The first-order chi connectivity index (χ1) is 8.45. The molecule has 0 aliphatic rings. The fourth-order valence-corrected chi connectivity index (χ4v) is 1.61. The molecule has 98 valence electrons. The summed E-state index contributed by atoms with van der Waals surface area (Å²) in [5.41, 5.74) is -0.336. The van der Waals surface area contributed by atoms with E-state index in [4.69, 9.17) is 16.3 Å². The Hall–Kier alpha value is -1.66. The Morgan fingerprint density at radius 3 is 2.83 bits per heavy atom. The van der Waals surface area contributed by atoms with Crippen LogP contribution < -0.4 is 5.32 Å². The molecule has 6 nitrogen and oxygen atoms in total. The molecule has 0 saturated carbocycles. The summed E-state index contributed by atoms with van der Waals surface area (Å²) >= 11 is 5.66. The second-order valence-electron chi connectivity index (χ2n) is 3.75. The molecule has 0 aromatic heterocycles. The van der Waals surface area contributed by atoms with E-state index in [0.29, 0.717) is 6.61 Å². The number of carbonyl (C=O) groups is 1. The van der Waals surface area contributed by atoms with Gasteiger partial charge in [0.15, 0.2) is 0 Å². The zero-order valence-corrected chi connectivity index (χ0v) is 10.7. The summed E-state index contributed by atoms with van der Waals surface area (Å²) in [5, 5.41) is 13.6. The van der Waals surface area contributed by atoms with E-state index in [-0.39, 0.29) is 22.3 Å². The van der Waals surface area contributed by atoms with Crippen molar-refractivity contribution in [3.63, 3.8) is 0 Å². The number of nitro benzene ring substituents is 1. The number of hydrogen-bond donors (Lipinski definition) is 1. The number of ether oxygens (including phenoxy) is 1. The number of halogens is 1. The van der Waals surface area contributed by atoms with Crippen LogP contribution in [0.15, 0.2) is 18.2 Å². The van der Waals surface area contributed by atoms with E-state index >= 15 is 0 Å². The highest BCUT2D eigenvalue weighted by atomic mass is 35.5. The summed E-state index contributed by atoms with van der Waals surface area (Å²) in [4.78, 5) is 22.0. The molecule has 7 heteroatoms. The number of nitrogens with one attached hydrogen (secondary N) is 1. The van der Waals surface area contributed by atoms with Gasteiger partial charge >= 0.3 is 0 Å². The normalized spacial score (nSPS) is 11.9. The molecule has 18 heavy (non-hydrogen) atoms. The molecular weight excluding hydrogens is 260 g/mol. The van der Waals surface area contributed by atoms with Crippen molar-refractivity contribution < 1.29 is 14.5 Å². The number of methoxy groups -OCH3 is 1. The number of amides is 1. The predicted molar refractivity (Wildman–Crippen MR) is 66.9 cm³/mol. The number of benzene rings is 1. The number of nitro groups is 1. The first kappa shape index (κ1) is 14.4. The standard InChI is InChI=1S/C11H13ClN2O4/c1-7(6-18-2)13-11(15)9-4-3-8(12)5-10(9)14(16)17/h3-5,7H,6H2,1-2H3,(H,13,15)/t7-/m0/s1. The molecule has 1 aromatic rings. The molecule has 1 N–H and O–H groups in total. The van der Waals surface area contributed by atoms with Gasteiger partial charge in [-0.2, -0.15) is 0 Å². The fourth-order valence-electron chi connectivity index (χ4n) is 1.44. The van der Waals surface area contributed by atoms with Gasteiger partial charge in [0.05, 0.1) is 11.5 Å². The SMILES string of the molecule is COC[C@H](C)NC(=O)c1ccc(Cl)cc1[N+](=O)[O-]. The van der Waals surface area contributed by atoms with Gasteiger partial charge in [0.1, 0.15) is 5.56 Å². The van der Waals surface area contributed by atoms with E-state index < -0.39 is 10.8 Å². The van der Waals surface area contributed by atoms with Gasteiger partial charge in [-0.1, -0.05) is 11.6 Å². The first-order valence-corrected chi connectivity index (χ1v) is 5.57. The van der Waals surface area contributed by atoms with E-state index in [2.05, 4.69) is 5.32 Å². The van der Waals surface area contributed by atoms with Crippen molar-refractivity contribution in [1.82, 2.24) is 5.32 Å². The second-order valence-corrected chi connectivity index (χ2v) is 4.18. The third-order valence-electron chi connectivity index (χ3n) is 2.20. The maximum Gasteiger partial charge on any atom is 0.283 e. The van der Waals surface area contributed by atoms with Crippen molar-refractivity contribution in [2.45, 2.75) is 13.0 Å². The fraction of sp³-hybridized carbons (Fsp3) is 0.364. The smallest absolute Gasteiger partial charge is 0.283 e. The molecular formula is C11H13ClN2O4. The van der Waals surface area contributed by atoms with Crippen molar-refractivity contribution in [2.75, 3.05) is 13.7 Å². The third kappa shape index (κ3) is 3.68. The minimum Gasteiger partial charge on any atom is -0.383 e. The Labute approximate surface area is 109 Å². The van der Waals surface area contributed by atoms with Crippen LogP contribution in [0.5, 0.6) is 0 Å². The van der Waals surface area contributed by atoms with Crippen molar-refractivity contribution in [3.8, 4) is 0 Å². The van der Waals surface area contributed by atoms with Crippen LogP contribution in [-0.2, 0) is 4.74 Å². The van der Waals surface area contributed by atoms with Crippen LogP contribution in [0.2, 0.25) is 5.02 Å². The van der Waals surface area contributed by atoms with Gasteiger partial charge in [-0.05, 0) is 19.1 Å². The molecule has 0 unspecified atom stereocenters. The summed E-state index contributed by atoms with van der Waals surface area (Å²) in [6.45, 7) is 2.07. The summed E-state index contributed by atoms with van der Waals surface area (Å²) in [5.74, 6) is -0.525. The quantitative estimate of drug-likeness (QED) is 0.657. The minimum atomic E-state index is -0.637. The lowest BCUT2D eigenvalue weighted by Gasteiger charge is -2.12. The lowest BCUT2D eigenvalue weighted by Crippen LogP contribution is -2.35. The minimum absolute atomic E-state index is 0.0210. The summed E-state index contributed by atoms with van der Waals surface area (Å²) in [7, 11) is 1.51. The van der Waals surface area contributed by atoms with Gasteiger partial charge < -0.3 is 10.1 Å². The molecule has 0 radical (unpaired) electrons. The van der Waals surface area contributed by atoms with Crippen LogP contribution in [0.3, 0.4) is 0 Å². The summed E-state index contributed by atoms with van der Waals surface area (Å²) < 4.78 is 4.87. The third-order valence-corrected chi connectivity index (χ3v) is 2.43. The zero-order chi connectivity index (χ0) is 13.7. The lowest BCUT2D eigenvalue weighted by molar-refractivity contribution is -0.385. The molecule has 1 atom stereocenters. The molecule has 1 rings (SSSR count). The largest absolute Gasteiger partial charge is 0.383 e. The van der Waals surface area contributed by atoms with Crippen LogP contribution >= 0.6 is 11.6 Å². The van der Waals surface area contributed by atoms with Gasteiger partial charge in [-0.3, -0.25) is 14.9 Å². The van der Waals surface area contributed by atoms with E-state index in [9.17, 15) is 14.9 Å². The van der Waals surface area contributed by atoms with Crippen molar-refractivity contribution in [1.29, 1.82) is 0 Å². The van der Waals surface area contributed by atoms with Crippen molar-refractivity contribution in [2.24, 2.45) is 0 Å². The van der Waals surface area contributed by atoms with Crippen molar-refractivity contribution in [3.05, 3.63) is 38.9 Å². The number of nitrogens with zero attached hydrogens (tertiary/aromatic N) is 1. The van der Waals surface area contributed by atoms with E-state index in [0.717, 1.165) is 6.07 Å². The van der Waals surface area contributed by atoms with Gasteiger partial charge in [0.2, 0.25) is 0 Å². The van der Waals surface area contributed by atoms with Crippen LogP contribution in [0.1, 0.15) is 17.3 Å². The van der Waals surface area contributed by atoms with E-state index in [1.165, 1.54) is 19.2 Å². The average molecular weight is 273 g/mol.